The van der Waals surface area contributed by atoms with Gasteiger partial charge < -0.3 is 10.6 Å². The highest BCUT2D eigenvalue weighted by molar-refractivity contribution is 5.54. The van der Waals surface area contributed by atoms with Gasteiger partial charge in [-0.2, -0.15) is 0 Å². The molecule has 2 heteroatoms. The van der Waals surface area contributed by atoms with Crippen molar-refractivity contribution in [3.8, 4) is 0 Å². The first-order chi connectivity index (χ1) is 7.18. The zero-order chi connectivity index (χ0) is 10.8. The van der Waals surface area contributed by atoms with Crippen LogP contribution in [0.2, 0.25) is 0 Å². The second-order valence-corrected chi connectivity index (χ2v) is 4.67. The van der Waals surface area contributed by atoms with Crippen LogP contribution in [0.1, 0.15) is 31.4 Å². The minimum absolute atomic E-state index is 0.114. The Morgan fingerprint density at radius 2 is 2.07 bits per heavy atom. The second kappa shape index (κ2) is 4.23. The second-order valence-electron chi connectivity index (χ2n) is 4.67. The van der Waals surface area contributed by atoms with E-state index in [2.05, 4.69) is 36.2 Å². The molecule has 1 aliphatic rings. The van der Waals surface area contributed by atoms with Crippen molar-refractivity contribution >= 4 is 5.69 Å². The molecule has 0 saturated heterocycles. The fourth-order valence-electron chi connectivity index (χ4n) is 2.01. The first-order valence-corrected chi connectivity index (χ1v) is 5.74. The van der Waals surface area contributed by atoms with Gasteiger partial charge in [0, 0.05) is 25.3 Å². The summed E-state index contributed by atoms with van der Waals surface area (Å²) in [5, 5.41) is 0. The molecular weight excluding hydrogens is 184 g/mol. The molecule has 0 radical (unpaired) electrons. The van der Waals surface area contributed by atoms with Gasteiger partial charge in [0.1, 0.15) is 0 Å². The van der Waals surface area contributed by atoms with E-state index in [9.17, 15) is 0 Å². The van der Waals surface area contributed by atoms with Crippen molar-refractivity contribution < 1.29 is 0 Å². The van der Waals surface area contributed by atoms with Gasteiger partial charge in [-0.3, -0.25) is 0 Å². The van der Waals surface area contributed by atoms with E-state index in [1.165, 1.54) is 30.6 Å². The molecular formula is C13H20N2. The van der Waals surface area contributed by atoms with Crippen LogP contribution in [0.4, 0.5) is 5.69 Å². The van der Waals surface area contributed by atoms with Crippen LogP contribution in [0.3, 0.4) is 0 Å². The van der Waals surface area contributed by atoms with Gasteiger partial charge >= 0.3 is 0 Å². The van der Waals surface area contributed by atoms with Gasteiger partial charge in [0.05, 0.1) is 0 Å². The Kier molecular flexibility index (Phi) is 2.96. The number of nitrogens with zero attached hydrogens (tertiary/aromatic N) is 1. The normalized spacial score (nSPS) is 17.5. The van der Waals surface area contributed by atoms with E-state index in [0.717, 1.165) is 5.92 Å². The van der Waals surface area contributed by atoms with Crippen LogP contribution in [0.5, 0.6) is 0 Å². The zero-order valence-electron chi connectivity index (χ0n) is 9.61. The molecule has 2 rings (SSSR count). The van der Waals surface area contributed by atoms with Gasteiger partial charge in [-0.15, -0.1) is 0 Å². The molecule has 1 aromatic carbocycles. The third-order valence-corrected chi connectivity index (χ3v) is 3.07. The lowest BCUT2D eigenvalue weighted by Gasteiger charge is -2.23. The molecule has 1 saturated carbocycles. The molecule has 1 aromatic rings. The Hall–Kier alpha value is -1.02. The molecule has 1 aliphatic carbocycles. The van der Waals surface area contributed by atoms with Crippen LogP contribution in [-0.4, -0.2) is 13.6 Å². The van der Waals surface area contributed by atoms with Crippen LogP contribution in [0.25, 0.3) is 0 Å². The molecule has 82 valence electrons. The number of anilines is 1. The Morgan fingerprint density at radius 3 is 2.67 bits per heavy atom. The molecule has 0 aliphatic heterocycles. The lowest BCUT2D eigenvalue weighted by atomic mass is 10.1. The highest BCUT2D eigenvalue weighted by Gasteiger charge is 2.23. The van der Waals surface area contributed by atoms with Gasteiger partial charge in [-0.1, -0.05) is 18.2 Å². The average molecular weight is 204 g/mol. The quantitative estimate of drug-likeness (QED) is 0.816. The maximum Gasteiger partial charge on any atom is 0.0412 e. The average Bonchev–Trinajstić information content (AvgIpc) is 3.01. The number of hydrogen-bond acceptors (Lipinski definition) is 2. The number of para-hydroxylation sites is 1. The summed E-state index contributed by atoms with van der Waals surface area (Å²) >= 11 is 0. The fourth-order valence-corrected chi connectivity index (χ4v) is 2.01. The highest BCUT2D eigenvalue weighted by Crippen LogP contribution is 2.32. The third-order valence-electron chi connectivity index (χ3n) is 3.07. The molecule has 0 spiro atoms. The number of hydrogen-bond donors (Lipinski definition) is 1. The molecule has 0 unspecified atom stereocenters. The molecule has 2 nitrogen and oxygen atoms in total. The SMILES string of the molecule is C[C@@H](N)c1ccccc1N(C)CC1CC1. The zero-order valence-corrected chi connectivity index (χ0v) is 9.61. The van der Waals surface area contributed by atoms with E-state index in [1.807, 2.05) is 6.92 Å². The summed E-state index contributed by atoms with van der Waals surface area (Å²) in [7, 11) is 2.17. The van der Waals surface area contributed by atoms with E-state index in [-0.39, 0.29) is 6.04 Å². The van der Waals surface area contributed by atoms with Crippen molar-refractivity contribution in [2.24, 2.45) is 11.7 Å². The predicted octanol–water partition coefficient (Wildman–Crippen LogP) is 2.55. The number of nitrogens with two attached hydrogens (primary N) is 1. The first-order valence-electron chi connectivity index (χ1n) is 5.74. The summed E-state index contributed by atoms with van der Waals surface area (Å²) in [6, 6.07) is 8.56. The first kappa shape index (κ1) is 10.5. The standard InChI is InChI=1S/C13H20N2/c1-10(14)12-5-3-4-6-13(12)15(2)9-11-7-8-11/h3-6,10-11H,7-9,14H2,1-2H3/t10-/m1/s1. The summed E-state index contributed by atoms with van der Waals surface area (Å²) in [4.78, 5) is 2.34. The van der Waals surface area contributed by atoms with Crippen LogP contribution in [-0.2, 0) is 0 Å². The van der Waals surface area contributed by atoms with E-state index in [1.54, 1.807) is 0 Å². The van der Waals surface area contributed by atoms with Crippen LogP contribution >= 0.6 is 0 Å². The lowest BCUT2D eigenvalue weighted by molar-refractivity contribution is 0.762. The molecule has 2 N–H and O–H groups in total. The lowest BCUT2D eigenvalue weighted by Crippen LogP contribution is -2.22. The summed E-state index contributed by atoms with van der Waals surface area (Å²) in [5.41, 5.74) is 8.51. The predicted molar refractivity (Wildman–Crippen MR) is 65.0 cm³/mol. The Bertz CT molecular complexity index is 329. The van der Waals surface area contributed by atoms with Crippen LogP contribution in [0, 0.1) is 5.92 Å². The highest BCUT2D eigenvalue weighted by atomic mass is 15.1. The van der Waals surface area contributed by atoms with Gasteiger partial charge in [0.25, 0.3) is 0 Å². The van der Waals surface area contributed by atoms with E-state index in [0.29, 0.717) is 0 Å². The largest absolute Gasteiger partial charge is 0.374 e. The van der Waals surface area contributed by atoms with Crippen molar-refractivity contribution in [1.29, 1.82) is 0 Å². The monoisotopic (exact) mass is 204 g/mol. The van der Waals surface area contributed by atoms with E-state index in [4.69, 9.17) is 5.73 Å². The van der Waals surface area contributed by atoms with Crippen LogP contribution in [0.15, 0.2) is 24.3 Å². The van der Waals surface area contributed by atoms with Gasteiger partial charge in [-0.05, 0) is 37.3 Å². The topological polar surface area (TPSA) is 29.3 Å². The van der Waals surface area contributed by atoms with Crippen molar-refractivity contribution in [2.75, 3.05) is 18.5 Å². The Balaban J connectivity index is 2.16. The van der Waals surface area contributed by atoms with Crippen molar-refractivity contribution in [2.45, 2.75) is 25.8 Å². The van der Waals surface area contributed by atoms with Crippen molar-refractivity contribution in [1.82, 2.24) is 0 Å². The van der Waals surface area contributed by atoms with Gasteiger partial charge in [0.15, 0.2) is 0 Å². The summed E-state index contributed by atoms with van der Waals surface area (Å²) in [6.07, 6.45) is 2.79. The summed E-state index contributed by atoms with van der Waals surface area (Å²) < 4.78 is 0. The third kappa shape index (κ3) is 2.51. The summed E-state index contributed by atoms with van der Waals surface area (Å²) in [5.74, 6) is 0.913. The number of benzene rings is 1. The maximum absolute atomic E-state index is 5.97. The molecule has 15 heavy (non-hydrogen) atoms. The number of rotatable bonds is 4. The molecule has 1 atom stereocenters. The summed E-state index contributed by atoms with van der Waals surface area (Å²) in [6.45, 7) is 3.22. The molecule has 0 amide bonds. The molecule has 0 heterocycles. The Labute approximate surface area is 92.1 Å². The fraction of sp³-hybridized carbons (Fsp3) is 0.538. The molecule has 0 aromatic heterocycles. The van der Waals surface area contributed by atoms with Crippen LogP contribution < -0.4 is 10.6 Å². The molecule has 1 fully saturated rings. The Morgan fingerprint density at radius 1 is 1.40 bits per heavy atom. The molecule has 0 bridgehead atoms. The minimum Gasteiger partial charge on any atom is -0.374 e. The van der Waals surface area contributed by atoms with E-state index >= 15 is 0 Å². The van der Waals surface area contributed by atoms with Gasteiger partial charge in [-0.25, -0.2) is 0 Å². The van der Waals surface area contributed by atoms with Crippen molar-refractivity contribution in [3.05, 3.63) is 29.8 Å². The van der Waals surface area contributed by atoms with Crippen molar-refractivity contribution in [3.63, 3.8) is 0 Å². The smallest absolute Gasteiger partial charge is 0.0412 e. The van der Waals surface area contributed by atoms with Gasteiger partial charge in [0.2, 0.25) is 0 Å². The van der Waals surface area contributed by atoms with E-state index < -0.39 is 0 Å². The minimum atomic E-state index is 0.114. The maximum atomic E-state index is 5.97.